The number of hydrogen-bond donors (Lipinski definition) is 1. The number of methoxy groups -OCH3 is 1. The molecule has 0 aromatic heterocycles. The van der Waals surface area contributed by atoms with Crippen LogP contribution in [0, 0.1) is 5.82 Å². The van der Waals surface area contributed by atoms with E-state index in [0.717, 1.165) is 11.1 Å². The molecule has 1 aromatic carbocycles. The summed E-state index contributed by atoms with van der Waals surface area (Å²) in [6, 6.07) is 3.27. The maximum absolute atomic E-state index is 14.0. The van der Waals surface area contributed by atoms with Crippen molar-refractivity contribution in [3.63, 3.8) is 0 Å². The Morgan fingerprint density at radius 2 is 2.00 bits per heavy atom. The van der Waals surface area contributed by atoms with E-state index < -0.39 is 0 Å². The highest BCUT2D eigenvalue weighted by atomic mass is 19.1. The van der Waals surface area contributed by atoms with E-state index >= 15 is 0 Å². The molecule has 5 nitrogen and oxygen atoms in total. The number of carbonyl (C=O) groups excluding carboxylic acids is 2. The zero-order chi connectivity index (χ0) is 17.7. The molecule has 1 aromatic rings. The first-order chi connectivity index (χ1) is 11.0. The molecule has 0 fully saturated rings. The summed E-state index contributed by atoms with van der Waals surface area (Å²) in [4.78, 5) is 19.3. The van der Waals surface area contributed by atoms with E-state index in [9.17, 15) is 14.0 Å². The van der Waals surface area contributed by atoms with Crippen LogP contribution in [0.1, 0.15) is 31.9 Å². The zero-order valence-corrected chi connectivity index (χ0v) is 14.0. The minimum atomic E-state index is -0.309. The van der Waals surface area contributed by atoms with E-state index in [-0.39, 0.29) is 5.82 Å². The summed E-state index contributed by atoms with van der Waals surface area (Å²) in [6.07, 6.45) is 2.95. The van der Waals surface area contributed by atoms with Crippen LogP contribution in [-0.2, 0) is 20.7 Å². The summed E-state index contributed by atoms with van der Waals surface area (Å²) in [7, 11) is 1.52. The minimum Gasteiger partial charge on any atom is -0.496 e. The lowest BCUT2D eigenvalue weighted by Gasteiger charge is -2.10. The van der Waals surface area contributed by atoms with Gasteiger partial charge in [0.2, 0.25) is 6.41 Å². The molecule has 1 N–H and O–H groups in total. The Morgan fingerprint density at radius 3 is 2.43 bits per heavy atom. The molecule has 23 heavy (non-hydrogen) atoms. The van der Waals surface area contributed by atoms with Crippen LogP contribution >= 0.6 is 0 Å². The molecular formula is C17H24FNO4. The van der Waals surface area contributed by atoms with Gasteiger partial charge in [-0.05, 0) is 51.0 Å². The molecule has 0 radical (unpaired) electrons. The molecule has 6 heteroatoms. The van der Waals surface area contributed by atoms with E-state index in [2.05, 4.69) is 10.1 Å². The number of nitrogens with one attached hydrogen (secondary N) is 1. The zero-order valence-electron chi connectivity index (χ0n) is 14.0. The summed E-state index contributed by atoms with van der Waals surface area (Å²) >= 11 is 0. The van der Waals surface area contributed by atoms with Gasteiger partial charge in [0.25, 0.3) is 6.47 Å². The Hall–Kier alpha value is -2.37. The first kappa shape index (κ1) is 20.6. The largest absolute Gasteiger partial charge is 0.496 e. The molecule has 0 atom stereocenters. The van der Waals surface area contributed by atoms with Gasteiger partial charge in [0, 0.05) is 6.54 Å². The van der Waals surface area contributed by atoms with Crippen LogP contribution in [0.15, 0.2) is 17.7 Å². The number of amides is 1. The summed E-state index contributed by atoms with van der Waals surface area (Å²) in [6.45, 7) is 6.95. The predicted molar refractivity (Wildman–Crippen MR) is 87.7 cm³/mol. The van der Waals surface area contributed by atoms with Crippen molar-refractivity contribution in [1.29, 1.82) is 0 Å². The van der Waals surface area contributed by atoms with Gasteiger partial charge in [-0.2, -0.15) is 0 Å². The van der Waals surface area contributed by atoms with Crippen molar-refractivity contribution in [2.75, 3.05) is 20.3 Å². The van der Waals surface area contributed by atoms with Crippen molar-refractivity contribution >= 4 is 19.0 Å². The normalized spacial score (nSPS) is 9.09. The van der Waals surface area contributed by atoms with E-state index in [4.69, 9.17) is 4.74 Å². The molecule has 128 valence electrons. The standard InChI is InChI=1S/C14H18FNO2.C3H6O2/c1-10(2)6-12-13(15)7-11(4-5-16-9-17)8-14(12)18-3;1-2-5-3-4/h6-9H,4-5H2,1-3H3,(H,16,17);3H,2H2,1H3. The fourth-order valence-corrected chi connectivity index (χ4v) is 1.73. The molecule has 0 aliphatic rings. The average molecular weight is 325 g/mol. The number of rotatable bonds is 8. The summed E-state index contributed by atoms with van der Waals surface area (Å²) < 4.78 is 23.3. The second-order valence-corrected chi connectivity index (χ2v) is 4.79. The summed E-state index contributed by atoms with van der Waals surface area (Å²) in [5.41, 5.74) is 2.26. The summed E-state index contributed by atoms with van der Waals surface area (Å²) in [5, 5.41) is 2.54. The fraction of sp³-hybridized carbons (Fsp3) is 0.412. The van der Waals surface area contributed by atoms with E-state index in [1.165, 1.54) is 13.2 Å². The molecule has 1 amide bonds. The predicted octanol–water partition coefficient (Wildman–Crippen LogP) is 2.73. The molecule has 0 unspecified atom stereocenters. The smallest absolute Gasteiger partial charge is 0.293 e. The lowest BCUT2D eigenvalue weighted by Crippen LogP contribution is -2.14. The highest BCUT2D eigenvalue weighted by Crippen LogP contribution is 2.26. The number of ether oxygens (including phenoxy) is 2. The third-order valence-electron chi connectivity index (χ3n) is 2.68. The maximum Gasteiger partial charge on any atom is 0.293 e. The van der Waals surface area contributed by atoms with E-state index in [1.54, 1.807) is 19.1 Å². The van der Waals surface area contributed by atoms with Crippen LogP contribution in [0.4, 0.5) is 4.39 Å². The number of carbonyl (C=O) groups is 2. The van der Waals surface area contributed by atoms with Gasteiger partial charge in [-0.25, -0.2) is 4.39 Å². The van der Waals surface area contributed by atoms with E-state index in [1.807, 2.05) is 13.8 Å². The van der Waals surface area contributed by atoms with Gasteiger partial charge in [-0.15, -0.1) is 0 Å². The Labute approximate surface area is 136 Å². The van der Waals surface area contributed by atoms with Crippen LogP contribution in [-0.4, -0.2) is 33.1 Å². The molecule has 0 bridgehead atoms. The molecule has 0 saturated heterocycles. The van der Waals surface area contributed by atoms with Crippen LogP contribution < -0.4 is 10.1 Å². The van der Waals surface area contributed by atoms with Gasteiger partial charge < -0.3 is 14.8 Å². The van der Waals surface area contributed by atoms with Gasteiger partial charge >= 0.3 is 0 Å². The van der Waals surface area contributed by atoms with Crippen molar-refractivity contribution in [2.45, 2.75) is 27.2 Å². The second-order valence-electron chi connectivity index (χ2n) is 4.79. The molecule has 1 rings (SSSR count). The van der Waals surface area contributed by atoms with E-state index in [0.29, 0.717) is 43.8 Å². The minimum absolute atomic E-state index is 0.309. The van der Waals surface area contributed by atoms with Gasteiger partial charge in [-0.3, -0.25) is 9.59 Å². The highest BCUT2D eigenvalue weighted by Gasteiger charge is 2.09. The van der Waals surface area contributed by atoms with Gasteiger partial charge in [0.15, 0.2) is 0 Å². The average Bonchev–Trinajstić information content (AvgIpc) is 2.51. The molecule has 0 aliphatic carbocycles. The molecular weight excluding hydrogens is 301 g/mol. The Kier molecular flexibility index (Phi) is 10.9. The molecule has 0 saturated carbocycles. The Balaban J connectivity index is 0.000000841. The van der Waals surface area contributed by atoms with Crippen molar-refractivity contribution in [3.8, 4) is 5.75 Å². The lowest BCUT2D eigenvalue weighted by atomic mass is 10.0. The monoisotopic (exact) mass is 325 g/mol. The van der Waals surface area contributed by atoms with Crippen molar-refractivity contribution in [3.05, 3.63) is 34.6 Å². The van der Waals surface area contributed by atoms with Crippen LogP contribution in [0.5, 0.6) is 5.75 Å². The molecule has 0 aliphatic heterocycles. The summed E-state index contributed by atoms with van der Waals surface area (Å²) in [5.74, 6) is 0.203. The number of halogens is 1. The maximum atomic E-state index is 14.0. The number of benzene rings is 1. The highest BCUT2D eigenvalue weighted by molar-refractivity contribution is 5.60. The number of allylic oxidation sites excluding steroid dienone is 1. The molecule has 0 spiro atoms. The van der Waals surface area contributed by atoms with Gasteiger partial charge in [0.1, 0.15) is 11.6 Å². The van der Waals surface area contributed by atoms with Gasteiger partial charge in [0.05, 0.1) is 19.3 Å². The van der Waals surface area contributed by atoms with Gasteiger partial charge in [-0.1, -0.05) is 5.57 Å². The Bertz CT molecular complexity index is 526. The topological polar surface area (TPSA) is 64.6 Å². The van der Waals surface area contributed by atoms with Crippen molar-refractivity contribution < 1.29 is 23.5 Å². The fourth-order valence-electron chi connectivity index (χ4n) is 1.73. The van der Waals surface area contributed by atoms with Crippen molar-refractivity contribution in [2.24, 2.45) is 0 Å². The van der Waals surface area contributed by atoms with Crippen molar-refractivity contribution in [1.82, 2.24) is 5.32 Å². The first-order valence-electron chi connectivity index (χ1n) is 7.23. The second kappa shape index (κ2) is 12.2. The third kappa shape index (κ3) is 8.60. The Morgan fingerprint density at radius 1 is 1.30 bits per heavy atom. The molecule has 0 heterocycles. The quantitative estimate of drug-likeness (QED) is 0.589. The third-order valence-corrected chi connectivity index (χ3v) is 2.68. The lowest BCUT2D eigenvalue weighted by molar-refractivity contribution is -0.128. The van der Waals surface area contributed by atoms with Crippen LogP contribution in [0.3, 0.4) is 0 Å². The van der Waals surface area contributed by atoms with Crippen LogP contribution in [0.25, 0.3) is 6.08 Å². The first-order valence-corrected chi connectivity index (χ1v) is 7.23. The van der Waals surface area contributed by atoms with Crippen LogP contribution in [0.2, 0.25) is 0 Å². The number of hydrogen-bond acceptors (Lipinski definition) is 4. The SMILES string of the molecule is CCOC=O.COc1cc(CCNC=O)cc(F)c1C=C(C)C.